The number of aromatic nitrogens is 1. The van der Waals surface area contributed by atoms with Gasteiger partial charge in [0, 0.05) is 26.0 Å². The number of benzene rings is 1. The zero-order valence-electron chi connectivity index (χ0n) is 13.4. The minimum absolute atomic E-state index is 0.335. The molecule has 1 aromatic heterocycles. The number of rotatable bonds is 6. The van der Waals surface area contributed by atoms with Crippen LogP contribution in [0.15, 0.2) is 35.5 Å². The maximum Gasteiger partial charge on any atom is 0.241 e. The molecule has 1 N–H and O–H groups in total. The van der Waals surface area contributed by atoms with E-state index in [1.165, 1.54) is 0 Å². The fraction of sp³-hybridized carbons (Fsp3) is 0.375. The van der Waals surface area contributed by atoms with Crippen molar-refractivity contribution in [2.45, 2.75) is 25.2 Å². The molecule has 0 saturated carbocycles. The molecule has 6 heteroatoms. The number of nitrogens with one attached hydrogen (secondary N) is 1. The first-order valence-electron chi connectivity index (χ1n) is 7.09. The molecule has 0 spiro atoms. The molecule has 0 aliphatic carbocycles. The van der Waals surface area contributed by atoms with E-state index in [9.17, 15) is 8.42 Å². The highest BCUT2D eigenvalue weighted by atomic mass is 32.2. The third kappa shape index (κ3) is 3.69. The summed E-state index contributed by atoms with van der Waals surface area (Å²) in [6.07, 6.45) is 4.59. The normalized spacial score (nSPS) is 11.6. The van der Waals surface area contributed by atoms with Gasteiger partial charge in [-0.3, -0.25) is 0 Å². The summed E-state index contributed by atoms with van der Waals surface area (Å²) in [4.78, 5) is 0.335. The van der Waals surface area contributed by atoms with Gasteiger partial charge in [0.05, 0.1) is 12.0 Å². The average Bonchev–Trinajstić information content (AvgIpc) is 2.83. The van der Waals surface area contributed by atoms with Crippen molar-refractivity contribution in [3.8, 4) is 5.75 Å². The van der Waals surface area contributed by atoms with Crippen molar-refractivity contribution >= 4 is 10.0 Å². The van der Waals surface area contributed by atoms with Crippen molar-refractivity contribution < 1.29 is 13.2 Å². The first-order chi connectivity index (χ1) is 10.3. The van der Waals surface area contributed by atoms with E-state index in [0.717, 1.165) is 5.56 Å². The number of hydrogen-bond donors (Lipinski definition) is 1. The van der Waals surface area contributed by atoms with Crippen LogP contribution in [0.1, 0.15) is 16.7 Å². The van der Waals surface area contributed by atoms with Gasteiger partial charge in [0.15, 0.2) is 0 Å². The predicted molar refractivity (Wildman–Crippen MR) is 86.8 cm³/mol. The van der Waals surface area contributed by atoms with Crippen LogP contribution in [0, 0.1) is 13.8 Å². The van der Waals surface area contributed by atoms with Gasteiger partial charge in [-0.05, 0) is 55.2 Å². The van der Waals surface area contributed by atoms with Crippen LogP contribution in [0.2, 0.25) is 0 Å². The summed E-state index contributed by atoms with van der Waals surface area (Å²) in [5, 5.41) is 0. The Balaban J connectivity index is 2.13. The van der Waals surface area contributed by atoms with E-state index in [1.807, 2.05) is 30.1 Å². The molecule has 5 nitrogen and oxygen atoms in total. The summed E-state index contributed by atoms with van der Waals surface area (Å²) >= 11 is 0. The molecule has 2 aromatic rings. The van der Waals surface area contributed by atoms with Gasteiger partial charge >= 0.3 is 0 Å². The van der Waals surface area contributed by atoms with Gasteiger partial charge in [-0.25, -0.2) is 13.1 Å². The van der Waals surface area contributed by atoms with E-state index in [4.69, 9.17) is 4.74 Å². The Morgan fingerprint density at radius 3 is 2.36 bits per heavy atom. The second-order valence-electron chi connectivity index (χ2n) is 5.42. The number of methoxy groups -OCH3 is 1. The van der Waals surface area contributed by atoms with Crippen molar-refractivity contribution in [3.63, 3.8) is 0 Å². The molecule has 0 radical (unpaired) electrons. The largest absolute Gasteiger partial charge is 0.497 e. The van der Waals surface area contributed by atoms with Gasteiger partial charge < -0.3 is 9.30 Å². The fourth-order valence-electron chi connectivity index (χ4n) is 2.56. The SMILES string of the molecule is COc1cc(C)c(S(=O)(=O)NCCc2ccn(C)c2)c(C)c1. The topological polar surface area (TPSA) is 60.3 Å². The van der Waals surface area contributed by atoms with E-state index in [2.05, 4.69) is 4.72 Å². The van der Waals surface area contributed by atoms with Crippen LogP contribution in [-0.2, 0) is 23.5 Å². The Bertz CT molecular complexity index is 740. The first kappa shape index (κ1) is 16.6. The quantitative estimate of drug-likeness (QED) is 0.887. The number of hydrogen-bond acceptors (Lipinski definition) is 3. The molecule has 0 atom stereocenters. The average molecular weight is 322 g/mol. The minimum Gasteiger partial charge on any atom is -0.497 e. The maximum atomic E-state index is 12.5. The van der Waals surface area contributed by atoms with E-state index < -0.39 is 10.0 Å². The van der Waals surface area contributed by atoms with Crippen LogP contribution < -0.4 is 9.46 Å². The fourth-order valence-corrected chi connectivity index (χ4v) is 4.04. The molecule has 1 aromatic carbocycles. The highest BCUT2D eigenvalue weighted by molar-refractivity contribution is 7.89. The highest BCUT2D eigenvalue weighted by Gasteiger charge is 2.20. The van der Waals surface area contributed by atoms with Crippen LogP contribution in [0.3, 0.4) is 0 Å². The van der Waals surface area contributed by atoms with Gasteiger partial charge in [0.25, 0.3) is 0 Å². The molecular formula is C16H22N2O3S. The lowest BCUT2D eigenvalue weighted by molar-refractivity contribution is 0.413. The van der Waals surface area contributed by atoms with Gasteiger partial charge in [0.2, 0.25) is 10.0 Å². The van der Waals surface area contributed by atoms with Gasteiger partial charge in [0.1, 0.15) is 5.75 Å². The van der Waals surface area contributed by atoms with Crippen molar-refractivity contribution in [2.24, 2.45) is 7.05 Å². The second-order valence-corrected chi connectivity index (χ2v) is 7.13. The summed E-state index contributed by atoms with van der Waals surface area (Å²) in [6, 6.07) is 5.45. The third-order valence-corrected chi connectivity index (χ3v) is 5.30. The Hall–Kier alpha value is -1.79. The Kier molecular flexibility index (Phi) is 4.93. The third-order valence-electron chi connectivity index (χ3n) is 3.54. The maximum absolute atomic E-state index is 12.5. The van der Waals surface area contributed by atoms with Crippen molar-refractivity contribution in [2.75, 3.05) is 13.7 Å². The monoisotopic (exact) mass is 322 g/mol. The van der Waals surface area contributed by atoms with E-state index in [0.29, 0.717) is 34.7 Å². The molecule has 0 saturated heterocycles. The number of aryl methyl sites for hydroxylation is 3. The predicted octanol–water partition coefficient (Wildman–Crippen LogP) is 2.17. The Labute approximate surface area is 132 Å². The standard InChI is InChI=1S/C16H22N2O3S/c1-12-9-15(21-4)10-13(2)16(12)22(19,20)17-7-5-14-6-8-18(3)11-14/h6,8-11,17H,5,7H2,1-4H3. The van der Waals surface area contributed by atoms with Crippen LogP contribution in [0.25, 0.3) is 0 Å². The molecule has 120 valence electrons. The second kappa shape index (κ2) is 6.54. The molecule has 0 fully saturated rings. The first-order valence-corrected chi connectivity index (χ1v) is 8.57. The lowest BCUT2D eigenvalue weighted by atomic mass is 10.1. The zero-order chi connectivity index (χ0) is 16.3. The highest BCUT2D eigenvalue weighted by Crippen LogP contribution is 2.25. The number of ether oxygens (including phenoxy) is 1. The number of nitrogens with zero attached hydrogens (tertiary/aromatic N) is 1. The van der Waals surface area contributed by atoms with Gasteiger partial charge in [-0.1, -0.05) is 0 Å². The van der Waals surface area contributed by atoms with Crippen molar-refractivity contribution in [1.82, 2.24) is 9.29 Å². The molecule has 0 aliphatic rings. The molecule has 0 amide bonds. The Morgan fingerprint density at radius 1 is 1.23 bits per heavy atom. The van der Waals surface area contributed by atoms with Crippen LogP contribution in [0.4, 0.5) is 0 Å². The summed E-state index contributed by atoms with van der Waals surface area (Å²) in [5.74, 6) is 0.665. The molecule has 22 heavy (non-hydrogen) atoms. The van der Waals surface area contributed by atoms with Crippen LogP contribution in [-0.4, -0.2) is 26.6 Å². The van der Waals surface area contributed by atoms with Crippen LogP contribution in [0.5, 0.6) is 5.75 Å². The molecule has 1 heterocycles. The molecule has 0 bridgehead atoms. The lowest BCUT2D eigenvalue weighted by Crippen LogP contribution is -2.27. The lowest BCUT2D eigenvalue weighted by Gasteiger charge is -2.13. The summed E-state index contributed by atoms with van der Waals surface area (Å²) < 4.78 is 34.8. The van der Waals surface area contributed by atoms with E-state index in [1.54, 1.807) is 33.1 Å². The summed E-state index contributed by atoms with van der Waals surface area (Å²) in [5.41, 5.74) is 2.47. The minimum atomic E-state index is -3.52. The van der Waals surface area contributed by atoms with E-state index in [-0.39, 0.29) is 0 Å². The van der Waals surface area contributed by atoms with Crippen molar-refractivity contribution in [1.29, 1.82) is 0 Å². The number of sulfonamides is 1. The van der Waals surface area contributed by atoms with E-state index >= 15 is 0 Å². The molecular weight excluding hydrogens is 300 g/mol. The van der Waals surface area contributed by atoms with Crippen molar-refractivity contribution in [3.05, 3.63) is 47.3 Å². The van der Waals surface area contributed by atoms with Gasteiger partial charge in [-0.15, -0.1) is 0 Å². The Morgan fingerprint density at radius 2 is 1.86 bits per heavy atom. The summed E-state index contributed by atoms with van der Waals surface area (Å²) in [6.45, 7) is 3.93. The van der Waals surface area contributed by atoms with Gasteiger partial charge in [-0.2, -0.15) is 0 Å². The molecule has 0 unspecified atom stereocenters. The molecule has 2 rings (SSSR count). The summed E-state index contributed by atoms with van der Waals surface area (Å²) in [7, 11) is -0.0102. The van der Waals surface area contributed by atoms with Crippen LogP contribution >= 0.6 is 0 Å². The zero-order valence-corrected chi connectivity index (χ0v) is 14.2. The smallest absolute Gasteiger partial charge is 0.241 e. The molecule has 0 aliphatic heterocycles.